The lowest BCUT2D eigenvalue weighted by molar-refractivity contribution is -0.264. The number of aliphatic hydroxyl groups is 5. The van der Waals surface area contributed by atoms with Gasteiger partial charge in [-0.1, -0.05) is 0 Å². The van der Waals surface area contributed by atoms with Crippen molar-refractivity contribution >= 4 is 92.7 Å². The molecule has 0 aromatic rings. The van der Waals surface area contributed by atoms with Crippen LogP contribution < -0.4 is 0 Å². The fourth-order valence-electron chi connectivity index (χ4n) is 2.96. The lowest BCUT2D eigenvalue weighted by atomic mass is 9.57. The Balaban J connectivity index is 8.00. The molecule has 11 nitrogen and oxygen atoms in total. The summed E-state index contributed by atoms with van der Waals surface area (Å²) in [6.07, 6.45) is 0. The fourth-order valence-corrected chi connectivity index (χ4v) is 3.88. The molecule has 0 aliphatic carbocycles. The number of carbonyl (C=O) groups excluding carboxylic acids is 6. The fraction of sp³-hybridized carbons (Fsp3) is 0.625. The molecule has 16 heteroatoms. The molecule has 0 bridgehead atoms. The molecule has 0 unspecified atom stereocenters. The number of carbonyl (C=O) groups is 6. The molecule has 0 radical (unpaired) electrons. The van der Waals surface area contributed by atoms with Crippen LogP contribution in [0, 0.1) is 0 Å². The van der Waals surface area contributed by atoms with Gasteiger partial charge in [0.15, 0.2) is 28.7 Å². The van der Waals surface area contributed by atoms with Gasteiger partial charge in [-0.15, -0.1) is 58.0 Å². The molecule has 32 heavy (non-hydrogen) atoms. The van der Waals surface area contributed by atoms with Crippen molar-refractivity contribution < 1.29 is 54.3 Å². The summed E-state index contributed by atoms with van der Waals surface area (Å²) < 4.78 is 0. The second-order valence-electron chi connectivity index (χ2n) is 6.26. The predicted molar refractivity (Wildman–Crippen MR) is 111 cm³/mol. The van der Waals surface area contributed by atoms with Crippen LogP contribution in [0.1, 0.15) is 0 Å². The van der Waals surface area contributed by atoms with Crippen LogP contribution in [0.4, 0.5) is 0 Å². The van der Waals surface area contributed by atoms with Crippen molar-refractivity contribution in [3.63, 3.8) is 0 Å². The second kappa shape index (κ2) is 11.6. The quantitative estimate of drug-likeness (QED) is 0.0802. The van der Waals surface area contributed by atoms with Crippen molar-refractivity contribution in [3.05, 3.63) is 0 Å². The summed E-state index contributed by atoms with van der Waals surface area (Å²) in [6.45, 7) is -1.97. The minimum atomic E-state index is -4.61. The van der Waals surface area contributed by atoms with Gasteiger partial charge in [-0.25, -0.2) is 0 Å². The molecule has 0 aromatic carbocycles. The van der Waals surface area contributed by atoms with E-state index >= 15 is 0 Å². The summed E-state index contributed by atoms with van der Waals surface area (Å²) in [4.78, 5) is 74.8. The molecule has 0 rings (SSSR count). The van der Waals surface area contributed by atoms with E-state index in [2.05, 4.69) is 0 Å². The number of ketones is 6. The topological polar surface area (TPSA) is 204 Å². The zero-order chi connectivity index (χ0) is 25.7. The van der Waals surface area contributed by atoms with Crippen molar-refractivity contribution in [2.45, 2.75) is 22.4 Å². The first-order chi connectivity index (χ1) is 14.6. The minimum Gasteiger partial charge on any atom is -0.393 e. The van der Waals surface area contributed by atoms with Crippen molar-refractivity contribution in [2.75, 3.05) is 36.0 Å². The molecule has 0 aliphatic rings. The first-order valence-electron chi connectivity index (χ1n) is 8.14. The molecule has 0 heterocycles. The highest BCUT2D eigenvalue weighted by Crippen LogP contribution is 2.44. The van der Waals surface area contributed by atoms with E-state index < -0.39 is 93.1 Å². The maximum absolute atomic E-state index is 12.7. The normalized spacial score (nSPS) is 18.9. The van der Waals surface area contributed by atoms with E-state index in [1.807, 2.05) is 0 Å². The largest absolute Gasteiger partial charge is 0.393 e. The highest BCUT2D eigenvalue weighted by atomic mass is 35.5. The van der Waals surface area contributed by atoms with Crippen molar-refractivity contribution in [2.24, 2.45) is 0 Å². The van der Waals surface area contributed by atoms with Gasteiger partial charge in [-0.3, -0.25) is 28.8 Å². The van der Waals surface area contributed by atoms with Gasteiger partial charge in [0.05, 0.1) is 36.0 Å². The van der Waals surface area contributed by atoms with Crippen LogP contribution in [0.3, 0.4) is 0 Å². The molecule has 0 spiro atoms. The van der Waals surface area contributed by atoms with Crippen molar-refractivity contribution in [1.82, 2.24) is 0 Å². The molecule has 0 saturated carbocycles. The third kappa shape index (κ3) is 4.36. The lowest BCUT2D eigenvalue weighted by Crippen LogP contribution is -2.87. The van der Waals surface area contributed by atoms with Gasteiger partial charge in [0.1, 0.15) is 0 Å². The first kappa shape index (κ1) is 31.3. The van der Waals surface area contributed by atoms with Gasteiger partial charge in [0, 0.05) is 0 Å². The summed E-state index contributed by atoms with van der Waals surface area (Å²) in [5.74, 6) is -19.2. The van der Waals surface area contributed by atoms with Gasteiger partial charge in [-0.05, 0) is 0 Å². The monoisotopic (exact) mass is 560 g/mol. The molecule has 182 valence electrons. The van der Waals surface area contributed by atoms with E-state index in [0.717, 1.165) is 0 Å². The smallest absolute Gasteiger partial charge is 0.242 e. The standard InChI is InChI=1S/C16H17Cl5O11/c17-1-7(23)12(28)14(30,9(25)3-19)16(32,11(27)5-21)15(31,10(26)4-20)13(29,6-22)8(24)2-18/h22,29-32H,1-6H2/t13-,14-,15+,16+/m0/s1. The van der Waals surface area contributed by atoms with Gasteiger partial charge in [0.2, 0.25) is 28.4 Å². The summed E-state index contributed by atoms with van der Waals surface area (Å²) >= 11 is 26.6. The number of Topliss-reactive ketones (excluding diaryl/α,β-unsaturated/α-hetero) is 6. The summed E-state index contributed by atoms with van der Waals surface area (Å²) in [5.41, 5.74) is -17.5. The molecular formula is C16H17Cl5O11. The van der Waals surface area contributed by atoms with E-state index in [0.29, 0.717) is 0 Å². The molecule has 0 aliphatic heterocycles. The predicted octanol–water partition coefficient (Wildman–Crippen LogP) is -2.49. The highest BCUT2D eigenvalue weighted by Gasteiger charge is 2.80. The van der Waals surface area contributed by atoms with Crippen molar-refractivity contribution in [3.8, 4) is 0 Å². The molecule has 0 aromatic heterocycles. The molecule has 4 atom stereocenters. The van der Waals surface area contributed by atoms with Crippen LogP contribution in [0.2, 0.25) is 0 Å². The van der Waals surface area contributed by atoms with E-state index in [1.165, 1.54) is 0 Å². The van der Waals surface area contributed by atoms with E-state index in [9.17, 15) is 54.3 Å². The maximum atomic E-state index is 12.7. The maximum Gasteiger partial charge on any atom is 0.242 e. The Bertz CT molecular complexity index is 820. The molecule has 5 N–H and O–H groups in total. The van der Waals surface area contributed by atoms with Crippen LogP contribution in [-0.2, 0) is 28.8 Å². The summed E-state index contributed by atoms with van der Waals surface area (Å²) in [7, 11) is 0. The number of alkyl halides is 5. The number of hydrogen-bond donors (Lipinski definition) is 5. The van der Waals surface area contributed by atoms with E-state index in [4.69, 9.17) is 58.0 Å². The Hall–Kier alpha value is -0.730. The van der Waals surface area contributed by atoms with Crippen molar-refractivity contribution in [1.29, 1.82) is 0 Å². The SMILES string of the molecule is O=C(CCl)C(=O)[C@@](O)(C(=O)CCl)[C@](O)(C(=O)CCl)[C@@](O)(C(=O)CCl)[C@](O)(CO)C(=O)CCl. The summed E-state index contributed by atoms with van der Waals surface area (Å²) in [6, 6.07) is 0. The number of aliphatic hydroxyl groups excluding tert-OH is 1. The van der Waals surface area contributed by atoms with Gasteiger partial charge < -0.3 is 25.5 Å². The molecule has 0 amide bonds. The molecule has 0 saturated heterocycles. The summed E-state index contributed by atoms with van der Waals surface area (Å²) in [5, 5.41) is 53.8. The lowest BCUT2D eigenvalue weighted by Gasteiger charge is -2.52. The van der Waals surface area contributed by atoms with Crippen LogP contribution in [0.15, 0.2) is 0 Å². The number of hydrogen-bond acceptors (Lipinski definition) is 11. The second-order valence-corrected chi connectivity index (χ2v) is 7.60. The zero-order valence-corrected chi connectivity index (χ0v) is 19.6. The van der Waals surface area contributed by atoms with E-state index in [-0.39, 0.29) is 0 Å². The average Bonchev–Trinajstić information content (AvgIpc) is 2.82. The van der Waals surface area contributed by atoms with Crippen LogP contribution in [0.25, 0.3) is 0 Å². The first-order valence-corrected chi connectivity index (χ1v) is 10.8. The highest BCUT2D eigenvalue weighted by molar-refractivity contribution is 6.54. The Morgan fingerprint density at radius 1 is 0.562 bits per heavy atom. The van der Waals surface area contributed by atoms with Crippen LogP contribution >= 0.6 is 58.0 Å². The third-order valence-corrected chi connectivity index (χ3v) is 5.95. The number of halogens is 5. The Morgan fingerprint density at radius 2 is 0.938 bits per heavy atom. The van der Waals surface area contributed by atoms with Gasteiger partial charge in [0.25, 0.3) is 0 Å². The zero-order valence-electron chi connectivity index (χ0n) is 15.8. The van der Waals surface area contributed by atoms with Gasteiger partial charge >= 0.3 is 0 Å². The third-order valence-electron chi connectivity index (χ3n) is 4.74. The minimum absolute atomic E-state index is 1.24. The Morgan fingerprint density at radius 3 is 1.25 bits per heavy atom. The van der Waals surface area contributed by atoms with E-state index in [1.54, 1.807) is 0 Å². The Kier molecular flexibility index (Phi) is 11.3. The Labute approximate surface area is 205 Å². The van der Waals surface area contributed by atoms with Crippen LogP contribution in [-0.4, -0.2) is 119 Å². The molecule has 0 fully saturated rings. The molecular weight excluding hydrogens is 545 g/mol. The van der Waals surface area contributed by atoms with Crippen LogP contribution in [0.5, 0.6) is 0 Å². The average molecular weight is 563 g/mol. The van der Waals surface area contributed by atoms with Gasteiger partial charge in [-0.2, -0.15) is 0 Å². The number of rotatable bonds is 15.